The average molecular weight is 484 g/mol. The molecule has 0 aliphatic heterocycles. The monoisotopic (exact) mass is 483 g/mol. The maximum atomic E-state index is 12.6. The highest BCUT2D eigenvalue weighted by Crippen LogP contribution is 2.31. The van der Waals surface area contributed by atoms with Gasteiger partial charge >= 0.3 is 5.97 Å². The molecule has 1 N–H and O–H groups in total. The summed E-state index contributed by atoms with van der Waals surface area (Å²) in [7, 11) is -0.705. The standard InChI is InChI=1S/C20H22BrNO6S/c1-5-8-22-29(24,25)15-6-7-17(21)16(11-15)20(23)28-12-14-10-19(27-4)18(26-3)9-13(14)2/h5-7,9-11,22H,1,8,12H2,2-4H3. The molecule has 0 radical (unpaired) electrons. The van der Waals surface area contributed by atoms with Crippen LogP contribution in [0.3, 0.4) is 0 Å². The number of nitrogens with one attached hydrogen (secondary N) is 1. The van der Waals surface area contributed by atoms with Crippen molar-refractivity contribution in [3.05, 3.63) is 64.1 Å². The van der Waals surface area contributed by atoms with Crippen LogP contribution in [0.25, 0.3) is 0 Å². The first kappa shape index (κ1) is 22.9. The first-order valence-corrected chi connectivity index (χ1v) is 10.8. The van der Waals surface area contributed by atoms with Gasteiger partial charge in [0, 0.05) is 11.0 Å². The first-order chi connectivity index (χ1) is 13.7. The summed E-state index contributed by atoms with van der Waals surface area (Å²) in [6.45, 7) is 5.41. The maximum Gasteiger partial charge on any atom is 0.339 e. The normalized spacial score (nSPS) is 11.0. The van der Waals surface area contributed by atoms with Crippen molar-refractivity contribution in [1.82, 2.24) is 4.72 Å². The molecule has 0 aliphatic rings. The average Bonchev–Trinajstić information content (AvgIpc) is 2.70. The minimum Gasteiger partial charge on any atom is -0.493 e. The molecule has 0 unspecified atom stereocenters. The molecule has 0 heterocycles. The Balaban J connectivity index is 2.23. The van der Waals surface area contributed by atoms with Crippen LogP contribution >= 0.6 is 15.9 Å². The number of carbonyl (C=O) groups excluding carboxylic acids is 1. The van der Waals surface area contributed by atoms with E-state index < -0.39 is 16.0 Å². The number of halogens is 1. The van der Waals surface area contributed by atoms with Crippen molar-refractivity contribution in [3.8, 4) is 11.5 Å². The van der Waals surface area contributed by atoms with E-state index in [-0.39, 0.29) is 23.6 Å². The van der Waals surface area contributed by atoms with Gasteiger partial charge in [0.2, 0.25) is 10.0 Å². The summed E-state index contributed by atoms with van der Waals surface area (Å²) in [5, 5.41) is 0. The van der Waals surface area contributed by atoms with E-state index in [9.17, 15) is 13.2 Å². The Labute approximate surface area is 178 Å². The molecule has 0 fully saturated rings. The van der Waals surface area contributed by atoms with Crippen LogP contribution in [0.1, 0.15) is 21.5 Å². The van der Waals surface area contributed by atoms with Gasteiger partial charge in [0.15, 0.2) is 11.5 Å². The van der Waals surface area contributed by atoms with Crippen LogP contribution in [0.15, 0.2) is 52.4 Å². The Bertz CT molecular complexity index is 1020. The van der Waals surface area contributed by atoms with E-state index in [1.54, 1.807) is 19.2 Å². The lowest BCUT2D eigenvalue weighted by Crippen LogP contribution is -2.24. The third kappa shape index (κ3) is 5.59. The van der Waals surface area contributed by atoms with E-state index in [2.05, 4.69) is 27.2 Å². The minimum atomic E-state index is -3.77. The van der Waals surface area contributed by atoms with Gasteiger partial charge in [-0.2, -0.15) is 0 Å². The molecule has 7 nitrogen and oxygen atoms in total. The van der Waals surface area contributed by atoms with E-state index >= 15 is 0 Å². The summed E-state index contributed by atoms with van der Waals surface area (Å²) in [6, 6.07) is 7.66. The van der Waals surface area contributed by atoms with Gasteiger partial charge in [-0.25, -0.2) is 17.9 Å². The van der Waals surface area contributed by atoms with Gasteiger partial charge in [-0.3, -0.25) is 0 Å². The zero-order valence-electron chi connectivity index (χ0n) is 16.3. The molecule has 156 valence electrons. The van der Waals surface area contributed by atoms with Crippen molar-refractivity contribution in [3.63, 3.8) is 0 Å². The Kier molecular flexibility index (Phi) is 7.83. The second kappa shape index (κ2) is 9.91. The van der Waals surface area contributed by atoms with E-state index in [0.717, 1.165) is 11.1 Å². The van der Waals surface area contributed by atoms with Crippen molar-refractivity contribution in [2.45, 2.75) is 18.4 Å². The summed E-state index contributed by atoms with van der Waals surface area (Å²) < 4.78 is 43.3. The second-order valence-corrected chi connectivity index (χ2v) is 8.61. The fourth-order valence-corrected chi connectivity index (χ4v) is 3.91. The third-order valence-electron chi connectivity index (χ3n) is 4.09. The van der Waals surface area contributed by atoms with Crippen molar-refractivity contribution in [1.29, 1.82) is 0 Å². The van der Waals surface area contributed by atoms with E-state index in [1.165, 1.54) is 31.4 Å². The Hall–Kier alpha value is -2.36. The zero-order valence-corrected chi connectivity index (χ0v) is 18.7. The first-order valence-electron chi connectivity index (χ1n) is 8.52. The Morgan fingerprint density at radius 3 is 2.45 bits per heavy atom. The molecular formula is C20H22BrNO6S. The summed E-state index contributed by atoms with van der Waals surface area (Å²) in [5.41, 5.74) is 1.70. The highest BCUT2D eigenvalue weighted by molar-refractivity contribution is 9.10. The fourth-order valence-electron chi connectivity index (χ4n) is 2.48. The van der Waals surface area contributed by atoms with Crippen molar-refractivity contribution in [2.24, 2.45) is 0 Å². The molecule has 0 saturated heterocycles. The molecule has 0 saturated carbocycles. The molecule has 0 bridgehead atoms. The van der Waals surface area contributed by atoms with E-state index in [4.69, 9.17) is 14.2 Å². The van der Waals surface area contributed by atoms with Crippen LogP contribution in [0.2, 0.25) is 0 Å². The fraction of sp³-hybridized carbons (Fsp3) is 0.250. The highest BCUT2D eigenvalue weighted by Gasteiger charge is 2.19. The predicted octanol–water partition coefficient (Wildman–Crippen LogP) is 3.60. The summed E-state index contributed by atoms with van der Waals surface area (Å²) in [5.74, 6) is 0.436. The molecule has 0 atom stereocenters. The number of rotatable bonds is 9. The number of sulfonamides is 1. The molecule has 0 aromatic heterocycles. The molecule has 2 rings (SSSR count). The summed E-state index contributed by atoms with van der Waals surface area (Å²) >= 11 is 3.26. The van der Waals surface area contributed by atoms with Crippen molar-refractivity contribution >= 4 is 31.9 Å². The van der Waals surface area contributed by atoms with Crippen LogP contribution in [0, 0.1) is 6.92 Å². The van der Waals surface area contributed by atoms with Gasteiger partial charge < -0.3 is 14.2 Å². The molecule has 0 amide bonds. The Morgan fingerprint density at radius 2 is 1.83 bits per heavy atom. The number of aryl methyl sites for hydroxylation is 1. The van der Waals surface area contributed by atoms with Gasteiger partial charge in [0.05, 0.1) is 24.7 Å². The highest BCUT2D eigenvalue weighted by atomic mass is 79.9. The van der Waals surface area contributed by atoms with Gasteiger partial charge in [0.25, 0.3) is 0 Å². The number of benzene rings is 2. The Morgan fingerprint density at radius 1 is 1.17 bits per heavy atom. The smallest absolute Gasteiger partial charge is 0.339 e. The number of hydrogen-bond donors (Lipinski definition) is 1. The lowest BCUT2D eigenvalue weighted by molar-refractivity contribution is 0.0470. The van der Waals surface area contributed by atoms with E-state index in [0.29, 0.717) is 16.0 Å². The van der Waals surface area contributed by atoms with Crippen molar-refractivity contribution < 1.29 is 27.4 Å². The second-order valence-electron chi connectivity index (χ2n) is 5.99. The molecule has 29 heavy (non-hydrogen) atoms. The lowest BCUT2D eigenvalue weighted by Gasteiger charge is -2.14. The van der Waals surface area contributed by atoms with Crippen LogP contribution in [-0.2, 0) is 21.4 Å². The lowest BCUT2D eigenvalue weighted by atomic mass is 10.1. The molecular weight excluding hydrogens is 462 g/mol. The molecule has 2 aromatic carbocycles. The van der Waals surface area contributed by atoms with Crippen LogP contribution < -0.4 is 14.2 Å². The maximum absolute atomic E-state index is 12.6. The van der Waals surface area contributed by atoms with Gasteiger partial charge in [-0.15, -0.1) is 6.58 Å². The van der Waals surface area contributed by atoms with E-state index in [1.807, 2.05) is 6.92 Å². The molecule has 9 heteroatoms. The SMILES string of the molecule is C=CCNS(=O)(=O)c1ccc(Br)c(C(=O)OCc2cc(OC)c(OC)cc2C)c1. The number of hydrogen-bond acceptors (Lipinski definition) is 6. The van der Waals surface area contributed by atoms with Gasteiger partial charge in [0.1, 0.15) is 6.61 Å². The van der Waals surface area contributed by atoms with Gasteiger partial charge in [-0.1, -0.05) is 6.08 Å². The minimum absolute atomic E-state index is 0.0108. The topological polar surface area (TPSA) is 90.9 Å². The number of methoxy groups -OCH3 is 2. The van der Waals surface area contributed by atoms with Crippen molar-refractivity contribution in [2.75, 3.05) is 20.8 Å². The molecule has 2 aromatic rings. The largest absolute Gasteiger partial charge is 0.493 e. The molecule has 0 aliphatic carbocycles. The summed E-state index contributed by atoms with van der Waals surface area (Å²) in [4.78, 5) is 12.5. The zero-order chi connectivity index (χ0) is 21.6. The third-order valence-corrected chi connectivity index (χ3v) is 6.20. The number of ether oxygens (including phenoxy) is 3. The van der Waals surface area contributed by atoms with Crippen LogP contribution in [0.5, 0.6) is 11.5 Å². The molecule has 0 spiro atoms. The predicted molar refractivity (Wildman–Crippen MR) is 113 cm³/mol. The van der Waals surface area contributed by atoms with Crippen LogP contribution in [-0.4, -0.2) is 35.2 Å². The van der Waals surface area contributed by atoms with Gasteiger partial charge in [-0.05, 0) is 64.3 Å². The van der Waals surface area contributed by atoms with Crippen LogP contribution in [0.4, 0.5) is 0 Å². The summed E-state index contributed by atoms with van der Waals surface area (Å²) in [6.07, 6.45) is 1.43. The number of esters is 1. The quantitative estimate of drug-likeness (QED) is 0.432. The number of carbonyl (C=O) groups is 1.